The highest BCUT2D eigenvalue weighted by atomic mass is 32.2. The average molecular weight is 317 g/mol. The minimum atomic E-state index is -0.679. The molecule has 0 aliphatic rings. The van der Waals surface area contributed by atoms with Crippen molar-refractivity contribution < 1.29 is 23.1 Å². The molecular weight excluding hydrogens is 300 g/mol. The maximum atomic E-state index is 13.4. The Morgan fingerprint density at radius 2 is 2.05 bits per heavy atom. The van der Waals surface area contributed by atoms with Gasteiger partial charge in [-0.15, -0.1) is 11.8 Å². The van der Waals surface area contributed by atoms with Crippen LogP contribution in [-0.4, -0.2) is 43.2 Å². The van der Waals surface area contributed by atoms with E-state index in [4.69, 9.17) is 0 Å². The summed E-state index contributed by atoms with van der Waals surface area (Å²) in [5.41, 5.74) is 0. The van der Waals surface area contributed by atoms with Crippen LogP contribution in [0.2, 0.25) is 0 Å². The quantitative estimate of drug-likeness (QED) is 0.572. The van der Waals surface area contributed by atoms with E-state index in [1.807, 2.05) is 0 Å². The second-order valence-corrected chi connectivity index (χ2v) is 5.38. The number of amides is 1. The molecule has 0 saturated heterocycles. The van der Waals surface area contributed by atoms with Gasteiger partial charge in [-0.25, -0.2) is 8.78 Å². The minimum Gasteiger partial charge on any atom is -0.469 e. The third kappa shape index (κ3) is 6.12. The van der Waals surface area contributed by atoms with Gasteiger partial charge in [0.15, 0.2) is 0 Å². The Bertz CT molecular complexity index is 511. The van der Waals surface area contributed by atoms with Crippen LogP contribution in [0.4, 0.5) is 8.78 Å². The maximum Gasteiger partial charge on any atom is 0.305 e. The fraction of sp³-hybridized carbons (Fsp3) is 0.429. The number of benzene rings is 1. The number of hydrogen-bond acceptors (Lipinski definition) is 4. The third-order valence-corrected chi connectivity index (χ3v) is 3.81. The van der Waals surface area contributed by atoms with Crippen molar-refractivity contribution in [1.82, 2.24) is 4.90 Å². The lowest BCUT2D eigenvalue weighted by Gasteiger charge is -2.16. The Morgan fingerprint density at radius 3 is 2.67 bits per heavy atom. The van der Waals surface area contributed by atoms with E-state index >= 15 is 0 Å². The Kier molecular flexibility index (Phi) is 7.14. The number of rotatable bonds is 7. The van der Waals surface area contributed by atoms with Crippen LogP contribution in [0, 0.1) is 11.6 Å². The van der Waals surface area contributed by atoms with Crippen molar-refractivity contribution in [2.45, 2.75) is 17.7 Å². The molecule has 116 valence electrons. The lowest BCUT2D eigenvalue weighted by atomic mass is 10.3. The number of esters is 1. The van der Waals surface area contributed by atoms with Crippen molar-refractivity contribution in [1.29, 1.82) is 0 Å². The molecule has 21 heavy (non-hydrogen) atoms. The molecule has 0 atom stereocenters. The molecule has 0 bridgehead atoms. The van der Waals surface area contributed by atoms with Gasteiger partial charge in [-0.2, -0.15) is 0 Å². The molecule has 0 unspecified atom stereocenters. The maximum absolute atomic E-state index is 13.4. The van der Waals surface area contributed by atoms with E-state index in [2.05, 4.69) is 4.74 Å². The molecule has 0 heterocycles. The topological polar surface area (TPSA) is 46.6 Å². The fourth-order valence-corrected chi connectivity index (χ4v) is 2.39. The van der Waals surface area contributed by atoms with Gasteiger partial charge in [-0.1, -0.05) is 0 Å². The van der Waals surface area contributed by atoms with E-state index in [9.17, 15) is 18.4 Å². The van der Waals surface area contributed by atoms with Gasteiger partial charge >= 0.3 is 5.97 Å². The molecular formula is C14H17F2NO3S. The van der Waals surface area contributed by atoms with Crippen LogP contribution >= 0.6 is 11.8 Å². The fourth-order valence-electron chi connectivity index (χ4n) is 1.53. The Balaban J connectivity index is 2.37. The third-order valence-electron chi connectivity index (χ3n) is 2.77. The van der Waals surface area contributed by atoms with Crippen molar-refractivity contribution in [3.8, 4) is 0 Å². The number of halogens is 2. The predicted molar refractivity (Wildman–Crippen MR) is 76.0 cm³/mol. The number of hydrogen-bond donors (Lipinski definition) is 0. The van der Waals surface area contributed by atoms with E-state index in [0.717, 1.165) is 23.9 Å². The SMILES string of the molecule is COC(=O)CCCN(C)C(=O)CSc1ccc(F)cc1F. The Hall–Kier alpha value is -1.63. The normalized spacial score (nSPS) is 10.3. The van der Waals surface area contributed by atoms with Gasteiger partial charge in [-0.3, -0.25) is 9.59 Å². The molecule has 0 aliphatic carbocycles. The van der Waals surface area contributed by atoms with E-state index in [0.29, 0.717) is 13.0 Å². The summed E-state index contributed by atoms with van der Waals surface area (Å²) in [6, 6.07) is 3.24. The number of ether oxygens (including phenoxy) is 1. The summed E-state index contributed by atoms with van der Waals surface area (Å²) in [7, 11) is 2.92. The van der Waals surface area contributed by atoms with Gasteiger partial charge in [0.05, 0.1) is 12.9 Å². The summed E-state index contributed by atoms with van der Waals surface area (Å²) < 4.78 is 30.6. The molecule has 7 heteroatoms. The number of carbonyl (C=O) groups is 2. The first kappa shape index (κ1) is 17.4. The molecule has 1 aromatic carbocycles. The summed E-state index contributed by atoms with van der Waals surface area (Å²) in [6.45, 7) is 0.417. The van der Waals surface area contributed by atoms with Crippen LogP contribution in [0.3, 0.4) is 0 Å². The van der Waals surface area contributed by atoms with E-state index in [-0.39, 0.29) is 28.9 Å². The summed E-state index contributed by atoms with van der Waals surface area (Å²) in [4.78, 5) is 24.5. The van der Waals surface area contributed by atoms with Crippen molar-refractivity contribution in [2.24, 2.45) is 0 Å². The number of carbonyl (C=O) groups excluding carboxylic acids is 2. The molecule has 0 radical (unpaired) electrons. The molecule has 0 fully saturated rings. The largest absolute Gasteiger partial charge is 0.469 e. The standard InChI is InChI=1S/C14H17F2NO3S/c1-17(7-3-4-14(19)20-2)13(18)9-21-12-6-5-10(15)8-11(12)16/h5-6,8H,3-4,7,9H2,1-2H3. The number of methoxy groups -OCH3 is 1. The van der Waals surface area contributed by atoms with Crippen molar-refractivity contribution in [2.75, 3.05) is 26.5 Å². The molecule has 4 nitrogen and oxygen atoms in total. The monoisotopic (exact) mass is 317 g/mol. The van der Waals surface area contributed by atoms with E-state index in [1.165, 1.54) is 18.1 Å². The minimum absolute atomic E-state index is 0.0529. The molecule has 0 spiro atoms. The zero-order valence-electron chi connectivity index (χ0n) is 11.9. The van der Waals surface area contributed by atoms with E-state index in [1.54, 1.807) is 7.05 Å². The lowest BCUT2D eigenvalue weighted by molar-refractivity contribution is -0.141. The molecule has 1 aromatic rings. The second-order valence-electron chi connectivity index (χ2n) is 4.36. The van der Waals surface area contributed by atoms with Crippen LogP contribution in [0.15, 0.2) is 23.1 Å². The lowest BCUT2D eigenvalue weighted by Crippen LogP contribution is -2.29. The highest BCUT2D eigenvalue weighted by Gasteiger charge is 2.12. The zero-order chi connectivity index (χ0) is 15.8. The van der Waals surface area contributed by atoms with Gasteiger partial charge in [0.25, 0.3) is 0 Å². The summed E-state index contributed by atoms with van der Waals surface area (Å²) in [6.07, 6.45) is 0.748. The highest BCUT2D eigenvalue weighted by molar-refractivity contribution is 8.00. The van der Waals surface area contributed by atoms with Gasteiger partial charge in [0.1, 0.15) is 11.6 Å². The molecule has 1 rings (SSSR count). The van der Waals surface area contributed by atoms with Crippen molar-refractivity contribution in [3.63, 3.8) is 0 Å². The zero-order valence-corrected chi connectivity index (χ0v) is 12.7. The predicted octanol–water partition coefficient (Wildman–Crippen LogP) is 2.47. The Labute approximate surface area is 126 Å². The summed E-state index contributed by atoms with van der Waals surface area (Å²) in [5, 5.41) is 0. The smallest absolute Gasteiger partial charge is 0.305 e. The summed E-state index contributed by atoms with van der Waals surface area (Å²) in [5.74, 6) is -1.78. The average Bonchev–Trinajstić information content (AvgIpc) is 2.45. The van der Waals surface area contributed by atoms with Crippen LogP contribution in [0.25, 0.3) is 0 Å². The molecule has 1 amide bonds. The second kappa shape index (κ2) is 8.61. The first-order valence-corrected chi connectivity index (χ1v) is 7.31. The van der Waals surface area contributed by atoms with Crippen molar-refractivity contribution in [3.05, 3.63) is 29.8 Å². The van der Waals surface area contributed by atoms with Crippen LogP contribution in [0.5, 0.6) is 0 Å². The van der Waals surface area contributed by atoms with Crippen LogP contribution < -0.4 is 0 Å². The molecule has 0 aliphatic heterocycles. The molecule has 0 saturated carbocycles. The highest BCUT2D eigenvalue weighted by Crippen LogP contribution is 2.22. The van der Waals surface area contributed by atoms with Gasteiger partial charge in [-0.05, 0) is 18.6 Å². The van der Waals surface area contributed by atoms with Crippen LogP contribution in [0.1, 0.15) is 12.8 Å². The van der Waals surface area contributed by atoms with Crippen molar-refractivity contribution >= 4 is 23.6 Å². The van der Waals surface area contributed by atoms with Crippen LogP contribution in [-0.2, 0) is 14.3 Å². The first-order chi connectivity index (χ1) is 9.93. The first-order valence-electron chi connectivity index (χ1n) is 6.32. The van der Waals surface area contributed by atoms with E-state index < -0.39 is 11.6 Å². The summed E-state index contributed by atoms with van der Waals surface area (Å²) >= 11 is 1.01. The molecule has 0 aromatic heterocycles. The van der Waals surface area contributed by atoms with Gasteiger partial charge < -0.3 is 9.64 Å². The molecule has 0 N–H and O–H groups in total. The van der Waals surface area contributed by atoms with Gasteiger partial charge in [0, 0.05) is 31.0 Å². The Morgan fingerprint density at radius 1 is 1.33 bits per heavy atom. The van der Waals surface area contributed by atoms with Gasteiger partial charge in [0.2, 0.25) is 5.91 Å². The number of nitrogens with zero attached hydrogens (tertiary/aromatic N) is 1. The number of thioether (sulfide) groups is 1.